The summed E-state index contributed by atoms with van der Waals surface area (Å²) in [7, 11) is 3.28. The molecule has 0 unspecified atom stereocenters. The number of rotatable bonds is 7. The van der Waals surface area contributed by atoms with Crippen LogP contribution in [0.25, 0.3) is 16.7 Å². The molecule has 0 fully saturated rings. The lowest BCUT2D eigenvalue weighted by molar-refractivity contribution is 0.354. The smallest absolute Gasteiger partial charge is 0.168 e. The van der Waals surface area contributed by atoms with Crippen LogP contribution in [0.2, 0.25) is 0 Å². The van der Waals surface area contributed by atoms with Gasteiger partial charge in [0.25, 0.3) is 0 Å². The highest BCUT2D eigenvalue weighted by molar-refractivity contribution is 5.87. The lowest BCUT2D eigenvalue weighted by Gasteiger charge is -2.10. The van der Waals surface area contributed by atoms with Crippen molar-refractivity contribution in [1.82, 2.24) is 19.7 Å². The number of anilines is 1. The molecule has 0 saturated heterocycles. The number of hydrogen-bond acceptors (Lipinski definition) is 6. The summed E-state index contributed by atoms with van der Waals surface area (Å²) in [6.45, 7) is 2.78. The van der Waals surface area contributed by atoms with Crippen molar-refractivity contribution in [2.45, 2.75) is 13.3 Å². The molecular formula is C22H23N5O2. The first kappa shape index (κ1) is 18.7. The molecule has 148 valence electrons. The third-order valence-corrected chi connectivity index (χ3v) is 4.77. The van der Waals surface area contributed by atoms with Gasteiger partial charge in [0.2, 0.25) is 0 Å². The van der Waals surface area contributed by atoms with Crippen LogP contribution in [0, 0.1) is 6.92 Å². The molecular weight excluding hydrogens is 366 g/mol. The SMILES string of the molecule is COc1ccc(CCNc2ncnc3c2cnn3-c2cccc(C)c2)cc1OC. The zero-order valence-corrected chi connectivity index (χ0v) is 16.7. The minimum absolute atomic E-state index is 0.719. The van der Waals surface area contributed by atoms with Gasteiger partial charge < -0.3 is 14.8 Å². The van der Waals surface area contributed by atoms with Gasteiger partial charge in [-0.05, 0) is 48.7 Å². The van der Waals surface area contributed by atoms with Gasteiger partial charge in [-0.3, -0.25) is 0 Å². The fraction of sp³-hybridized carbons (Fsp3) is 0.227. The van der Waals surface area contributed by atoms with Gasteiger partial charge in [-0.25, -0.2) is 14.6 Å². The topological polar surface area (TPSA) is 74.1 Å². The lowest BCUT2D eigenvalue weighted by Crippen LogP contribution is -2.07. The van der Waals surface area contributed by atoms with Crippen LogP contribution in [0.4, 0.5) is 5.82 Å². The Labute approximate surface area is 169 Å². The van der Waals surface area contributed by atoms with E-state index in [9.17, 15) is 0 Å². The molecule has 2 aromatic heterocycles. The second-order valence-corrected chi connectivity index (χ2v) is 6.72. The Bertz CT molecular complexity index is 1140. The van der Waals surface area contributed by atoms with Crippen LogP contribution in [0.3, 0.4) is 0 Å². The van der Waals surface area contributed by atoms with E-state index in [0.717, 1.165) is 52.6 Å². The first-order chi connectivity index (χ1) is 14.2. The number of nitrogens with zero attached hydrogens (tertiary/aromatic N) is 4. The minimum atomic E-state index is 0.719. The van der Waals surface area contributed by atoms with Gasteiger partial charge in [0, 0.05) is 6.54 Å². The second kappa shape index (κ2) is 8.18. The zero-order valence-electron chi connectivity index (χ0n) is 16.7. The summed E-state index contributed by atoms with van der Waals surface area (Å²) in [6, 6.07) is 14.1. The molecule has 0 saturated carbocycles. The fourth-order valence-electron chi connectivity index (χ4n) is 3.30. The predicted molar refractivity (Wildman–Crippen MR) is 113 cm³/mol. The Morgan fingerprint density at radius 1 is 1.00 bits per heavy atom. The molecule has 0 aliphatic heterocycles. The summed E-state index contributed by atoms with van der Waals surface area (Å²) in [5.41, 5.74) is 4.08. The number of benzene rings is 2. The maximum atomic E-state index is 5.38. The number of aromatic nitrogens is 4. The largest absolute Gasteiger partial charge is 0.493 e. The highest BCUT2D eigenvalue weighted by Gasteiger charge is 2.11. The van der Waals surface area contributed by atoms with Crippen molar-refractivity contribution in [3.05, 3.63) is 66.1 Å². The quantitative estimate of drug-likeness (QED) is 0.518. The maximum absolute atomic E-state index is 5.38. The molecule has 7 nitrogen and oxygen atoms in total. The van der Waals surface area contributed by atoms with Crippen molar-refractivity contribution >= 4 is 16.9 Å². The van der Waals surface area contributed by atoms with Crippen LogP contribution in [-0.4, -0.2) is 40.5 Å². The van der Waals surface area contributed by atoms with Gasteiger partial charge in [0.15, 0.2) is 17.1 Å². The molecule has 0 spiro atoms. The summed E-state index contributed by atoms with van der Waals surface area (Å²) in [5, 5.41) is 8.81. The summed E-state index contributed by atoms with van der Waals surface area (Å²) >= 11 is 0. The van der Waals surface area contributed by atoms with Crippen LogP contribution in [0.5, 0.6) is 11.5 Å². The Kier molecular flexibility index (Phi) is 5.29. The van der Waals surface area contributed by atoms with E-state index >= 15 is 0 Å². The molecule has 0 radical (unpaired) electrons. The van der Waals surface area contributed by atoms with E-state index in [-0.39, 0.29) is 0 Å². The Morgan fingerprint density at radius 2 is 1.86 bits per heavy atom. The van der Waals surface area contributed by atoms with Crippen molar-refractivity contribution < 1.29 is 9.47 Å². The number of methoxy groups -OCH3 is 2. The van der Waals surface area contributed by atoms with Crippen molar-refractivity contribution in [3.8, 4) is 17.2 Å². The van der Waals surface area contributed by atoms with E-state index in [1.165, 1.54) is 5.56 Å². The molecule has 0 aliphatic rings. The number of ether oxygens (including phenoxy) is 2. The zero-order chi connectivity index (χ0) is 20.2. The molecule has 4 aromatic rings. The molecule has 0 amide bonds. The molecule has 7 heteroatoms. The fourth-order valence-corrected chi connectivity index (χ4v) is 3.30. The number of nitrogens with one attached hydrogen (secondary N) is 1. The van der Waals surface area contributed by atoms with E-state index in [0.29, 0.717) is 0 Å². The van der Waals surface area contributed by atoms with Crippen LogP contribution >= 0.6 is 0 Å². The average molecular weight is 389 g/mol. The third-order valence-electron chi connectivity index (χ3n) is 4.77. The van der Waals surface area contributed by atoms with Gasteiger partial charge in [-0.2, -0.15) is 5.10 Å². The molecule has 2 heterocycles. The van der Waals surface area contributed by atoms with Gasteiger partial charge in [-0.1, -0.05) is 18.2 Å². The van der Waals surface area contributed by atoms with E-state index in [4.69, 9.17) is 9.47 Å². The molecule has 0 aliphatic carbocycles. The Hall–Kier alpha value is -3.61. The van der Waals surface area contributed by atoms with Crippen molar-refractivity contribution in [3.63, 3.8) is 0 Å². The van der Waals surface area contributed by atoms with Crippen molar-refractivity contribution in [2.24, 2.45) is 0 Å². The van der Waals surface area contributed by atoms with E-state index < -0.39 is 0 Å². The monoisotopic (exact) mass is 389 g/mol. The summed E-state index contributed by atoms with van der Waals surface area (Å²) < 4.78 is 12.5. The average Bonchev–Trinajstić information content (AvgIpc) is 3.18. The van der Waals surface area contributed by atoms with Gasteiger partial charge in [-0.15, -0.1) is 0 Å². The number of fused-ring (bicyclic) bond motifs is 1. The summed E-state index contributed by atoms with van der Waals surface area (Å²) in [6.07, 6.45) is 4.18. The molecule has 29 heavy (non-hydrogen) atoms. The highest BCUT2D eigenvalue weighted by Crippen LogP contribution is 2.28. The van der Waals surface area contributed by atoms with E-state index in [2.05, 4.69) is 39.4 Å². The standard InChI is InChI=1S/C22H23N5O2/c1-15-5-4-6-17(11-15)27-22-18(13-26-27)21(24-14-25-22)23-10-9-16-7-8-19(28-2)20(12-16)29-3/h4-8,11-14H,9-10H2,1-3H3,(H,23,24,25). The molecule has 2 aromatic carbocycles. The first-order valence-corrected chi connectivity index (χ1v) is 9.40. The summed E-state index contributed by atoms with van der Waals surface area (Å²) in [5.74, 6) is 2.23. The van der Waals surface area contributed by atoms with Crippen LogP contribution < -0.4 is 14.8 Å². The first-order valence-electron chi connectivity index (χ1n) is 9.40. The van der Waals surface area contributed by atoms with Crippen LogP contribution in [0.15, 0.2) is 55.0 Å². The van der Waals surface area contributed by atoms with Crippen LogP contribution in [0.1, 0.15) is 11.1 Å². The van der Waals surface area contributed by atoms with Crippen LogP contribution in [-0.2, 0) is 6.42 Å². The van der Waals surface area contributed by atoms with Gasteiger partial charge in [0.1, 0.15) is 12.1 Å². The second-order valence-electron chi connectivity index (χ2n) is 6.72. The maximum Gasteiger partial charge on any atom is 0.168 e. The lowest BCUT2D eigenvalue weighted by atomic mass is 10.1. The van der Waals surface area contributed by atoms with Crippen molar-refractivity contribution in [2.75, 3.05) is 26.1 Å². The predicted octanol–water partition coefficient (Wildman–Crippen LogP) is 3.80. The normalized spacial score (nSPS) is 10.9. The minimum Gasteiger partial charge on any atom is -0.493 e. The number of aryl methyl sites for hydroxylation is 1. The van der Waals surface area contributed by atoms with Gasteiger partial charge >= 0.3 is 0 Å². The Morgan fingerprint density at radius 3 is 2.66 bits per heavy atom. The summed E-state index contributed by atoms with van der Waals surface area (Å²) in [4.78, 5) is 8.84. The van der Waals surface area contributed by atoms with Gasteiger partial charge in [0.05, 0.1) is 31.5 Å². The third kappa shape index (κ3) is 3.85. The Balaban J connectivity index is 1.52. The molecule has 0 atom stereocenters. The molecule has 4 rings (SSSR count). The number of hydrogen-bond donors (Lipinski definition) is 1. The molecule has 0 bridgehead atoms. The molecule has 1 N–H and O–H groups in total. The van der Waals surface area contributed by atoms with Crippen molar-refractivity contribution in [1.29, 1.82) is 0 Å². The van der Waals surface area contributed by atoms with E-state index in [1.54, 1.807) is 26.7 Å². The van der Waals surface area contributed by atoms with E-state index in [1.807, 2.05) is 35.0 Å². The highest BCUT2D eigenvalue weighted by atomic mass is 16.5.